The number of esters is 1. The molecule has 0 spiro atoms. The molecule has 0 unspecified atom stereocenters. The molecule has 172 valence electrons. The smallest absolute Gasteiger partial charge is 0.309 e. The van der Waals surface area contributed by atoms with Crippen LogP contribution in [0.15, 0.2) is 36.0 Å². The molecule has 5 nitrogen and oxygen atoms in total. The van der Waals surface area contributed by atoms with Crippen molar-refractivity contribution in [2.24, 2.45) is 28.6 Å². The van der Waals surface area contributed by atoms with Crippen molar-refractivity contribution in [3.8, 4) is 0 Å². The highest BCUT2D eigenvalue weighted by Gasteiger charge is 2.62. The Kier molecular flexibility index (Phi) is 8.21. The Balaban J connectivity index is 2.60. The first-order valence-electron chi connectivity index (χ1n) is 11.3. The molecule has 0 saturated heterocycles. The van der Waals surface area contributed by atoms with Gasteiger partial charge in [0.15, 0.2) is 0 Å². The number of hydrogen-bond donors (Lipinski definition) is 0. The van der Waals surface area contributed by atoms with E-state index in [4.69, 9.17) is 9.47 Å². The molecule has 1 saturated carbocycles. The van der Waals surface area contributed by atoms with E-state index >= 15 is 0 Å². The van der Waals surface area contributed by atoms with Gasteiger partial charge in [0.25, 0.3) is 0 Å². The molecule has 2 aliphatic rings. The van der Waals surface area contributed by atoms with Gasteiger partial charge in [-0.25, -0.2) is 0 Å². The molecule has 0 aromatic rings. The molecule has 0 aromatic carbocycles. The van der Waals surface area contributed by atoms with Gasteiger partial charge in [0.1, 0.15) is 18.7 Å². The number of allylic oxidation sites excluding steroid dienone is 3. The van der Waals surface area contributed by atoms with E-state index in [1.54, 1.807) is 13.2 Å². The summed E-state index contributed by atoms with van der Waals surface area (Å²) >= 11 is 0. The Morgan fingerprint density at radius 3 is 2.55 bits per heavy atom. The van der Waals surface area contributed by atoms with Crippen LogP contribution in [-0.2, 0) is 23.9 Å². The van der Waals surface area contributed by atoms with Crippen LogP contribution in [0, 0.1) is 28.6 Å². The molecule has 5 heteroatoms. The monoisotopic (exact) mass is 430 g/mol. The summed E-state index contributed by atoms with van der Waals surface area (Å²) in [4.78, 5) is 37.4. The van der Waals surface area contributed by atoms with Crippen molar-refractivity contribution in [2.45, 2.75) is 72.5 Å². The van der Waals surface area contributed by atoms with E-state index < -0.39 is 17.6 Å². The van der Waals surface area contributed by atoms with Crippen LogP contribution in [0.3, 0.4) is 0 Å². The van der Waals surface area contributed by atoms with E-state index in [-0.39, 0.29) is 29.1 Å². The van der Waals surface area contributed by atoms with Crippen molar-refractivity contribution in [3.63, 3.8) is 0 Å². The molecule has 0 radical (unpaired) electrons. The second-order valence-electron chi connectivity index (χ2n) is 9.59. The second-order valence-corrected chi connectivity index (χ2v) is 9.59. The lowest BCUT2D eigenvalue weighted by molar-refractivity contribution is -0.169. The van der Waals surface area contributed by atoms with Crippen LogP contribution in [0.1, 0.15) is 60.3 Å². The fourth-order valence-electron chi connectivity index (χ4n) is 5.38. The maximum atomic E-state index is 12.7. The Morgan fingerprint density at radius 2 is 2.03 bits per heavy atom. The Hall–Kier alpha value is -2.01. The molecule has 0 bridgehead atoms. The van der Waals surface area contributed by atoms with Crippen LogP contribution in [0.2, 0.25) is 0 Å². The van der Waals surface area contributed by atoms with Crippen molar-refractivity contribution >= 4 is 18.5 Å². The van der Waals surface area contributed by atoms with Crippen LogP contribution in [0.4, 0.5) is 0 Å². The number of fused-ring (bicyclic) bond motifs is 1. The molecule has 1 fully saturated rings. The van der Waals surface area contributed by atoms with Gasteiger partial charge < -0.3 is 14.3 Å². The number of ether oxygens (including phenoxy) is 2. The maximum absolute atomic E-state index is 12.7. The van der Waals surface area contributed by atoms with E-state index in [9.17, 15) is 14.4 Å². The van der Waals surface area contributed by atoms with Gasteiger partial charge in [-0.3, -0.25) is 9.59 Å². The zero-order chi connectivity index (χ0) is 23.4. The van der Waals surface area contributed by atoms with Crippen LogP contribution >= 0.6 is 0 Å². The van der Waals surface area contributed by atoms with Crippen molar-refractivity contribution in [2.75, 3.05) is 7.11 Å². The lowest BCUT2D eigenvalue weighted by atomic mass is 9.45. The average Bonchev–Trinajstić information content (AvgIpc) is 2.78. The zero-order valence-electron chi connectivity index (χ0n) is 19.9. The predicted molar refractivity (Wildman–Crippen MR) is 121 cm³/mol. The topological polar surface area (TPSA) is 69.7 Å². The summed E-state index contributed by atoms with van der Waals surface area (Å²) in [6.07, 6.45) is 8.94. The minimum Gasteiger partial charge on any atom is -0.458 e. The lowest BCUT2D eigenvalue weighted by Crippen LogP contribution is -2.61. The largest absolute Gasteiger partial charge is 0.458 e. The fourth-order valence-corrected chi connectivity index (χ4v) is 5.38. The standard InChI is InChI=1S/C26H38O5/c1-8-17(3)10-11-25(6)19(5)12-23(30-7)26(16-28)20(15-27)13-21(14-22(25)26)31-24(29)18(4)9-2/h8,10,13,15-16,18-19,21-23H,1,9,11-12,14H2,2-7H3/b17-10+/t18-,19-,21+,22+,23+,25-,26+/m1/s1. The molecule has 31 heavy (non-hydrogen) atoms. The summed E-state index contributed by atoms with van der Waals surface area (Å²) in [6, 6.07) is 0. The van der Waals surface area contributed by atoms with Crippen molar-refractivity contribution in [1.29, 1.82) is 0 Å². The van der Waals surface area contributed by atoms with Crippen LogP contribution in [0.5, 0.6) is 0 Å². The Morgan fingerprint density at radius 1 is 1.35 bits per heavy atom. The molecular weight excluding hydrogens is 392 g/mol. The third kappa shape index (κ3) is 4.48. The highest BCUT2D eigenvalue weighted by Crippen LogP contribution is 2.61. The molecule has 0 aromatic heterocycles. The van der Waals surface area contributed by atoms with Crippen molar-refractivity contribution in [1.82, 2.24) is 0 Å². The minimum atomic E-state index is -1.05. The van der Waals surface area contributed by atoms with Gasteiger partial charge in [-0.1, -0.05) is 52.0 Å². The highest BCUT2D eigenvalue weighted by atomic mass is 16.5. The summed E-state index contributed by atoms with van der Waals surface area (Å²) in [5.41, 5.74) is 0.104. The molecule has 0 heterocycles. The third-order valence-corrected chi connectivity index (χ3v) is 8.01. The first-order chi connectivity index (χ1) is 14.6. The number of aldehydes is 2. The van der Waals surface area contributed by atoms with E-state index in [0.29, 0.717) is 24.8 Å². The lowest BCUT2D eigenvalue weighted by Gasteiger charge is -2.59. The van der Waals surface area contributed by atoms with E-state index in [1.165, 1.54) is 0 Å². The van der Waals surface area contributed by atoms with Gasteiger partial charge in [-0.05, 0) is 55.9 Å². The van der Waals surface area contributed by atoms with Gasteiger partial charge in [-0.2, -0.15) is 0 Å². The van der Waals surface area contributed by atoms with Gasteiger partial charge in [0.05, 0.1) is 17.4 Å². The number of hydrogen-bond acceptors (Lipinski definition) is 5. The molecular formula is C26H38O5. The maximum Gasteiger partial charge on any atom is 0.309 e. The molecule has 0 amide bonds. The number of rotatable bonds is 9. The summed E-state index contributed by atoms with van der Waals surface area (Å²) in [5, 5.41) is 0. The number of carbonyl (C=O) groups excluding carboxylic acids is 3. The zero-order valence-corrected chi connectivity index (χ0v) is 19.9. The van der Waals surface area contributed by atoms with Crippen LogP contribution in [0.25, 0.3) is 0 Å². The number of carbonyl (C=O) groups is 3. The van der Waals surface area contributed by atoms with Crippen LogP contribution in [-0.4, -0.2) is 37.9 Å². The first-order valence-corrected chi connectivity index (χ1v) is 11.3. The normalized spacial score (nSPS) is 36.6. The van der Waals surface area contributed by atoms with Gasteiger partial charge in [0.2, 0.25) is 0 Å². The van der Waals surface area contributed by atoms with Gasteiger partial charge >= 0.3 is 5.97 Å². The van der Waals surface area contributed by atoms with E-state index in [0.717, 1.165) is 24.6 Å². The SMILES string of the molecule is C=C/C(C)=C/C[C@]1(C)[C@H](C)C[C@H](OC)[C@@]2(C=O)C(C=O)=C[C@H](OC(=O)[C@H](C)CC)C[C@@H]12. The predicted octanol–water partition coefficient (Wildman–Crippen LogP) is 4.86. The van der Waals surface area contributed by atoms with E-state index in [2.05, 4.69) is 26.5 Å². The highest BCUT2D eigenvalue weighted by molar-refractivity contribution is 5.86. The fraction of sp³-hybridized carbons (Fsp3) is 0.654. The Bertz CT molecular complexity index is 766. The summed E-state index contributed by atoms with van der Waals surface area (Å²) < 4.78 is 11.6. The number of methoxy groups -OCH3 is 1. The summed E-state index contributed by atoms with van der Waals surface area (Å²) in [6.45, 7) is 14.0. The third-order valence-electron chi connectivity index (χ3n) is 8.01. The van der Waals surface area contributed by atoms with Crippen LogP contribution < -0.4 is 0 Å². The van der Waals surface area contributed by atoms with E-state index in [1.807, 2.05) is 26.8 Å². The minimum absolute atomic E-state index is 0.208. The van der Waals surface area contributed by atoms with Gasteiger partial charge in [0, 0.05) is 12.7 Å². The molecule has 7 atom stereocenters. The quantitative estimate of drug-likeness (QED) is 0.297. The first kappa shape index (κ1) is 25.3. The Labute approximate surface area is 186 Å². The molecule has 0 aliphatic heterocycles. The summed E-state index contributed by atoms with van der Waals surface area (Å²) in [7, 11) is 1.60. The molecule has 2 aliphatic carbocycles. The molecule has 2 rings (SSSR count). The van der Waals surface area contributed by atoms with Crippen molar-refractivity contribution in [3.05, 3.63) is 36.0 Å². The average molecular weight is 431 g/mol. The second kappa shape index (κ2) is 10.1. The van der Waals surface area contributed by atoms with Crippen molar-refractivity contribution < 1.29 is 23.9 Å². The molecule has 0 N–H and O–H groups in total. The summed E-state index contributed by atoms with van der Waals surface area (Å²) in [5.74, 6) is -0.461. The van der Waals surface area contributed by atoms with Gasteiger partial charge in [-0.15, -0.1) is 0 Å².